The van der Waals surface area contributed by atoms with E-state index in [1.54, 1.807) is 12.1 Å². The monoisotopic (exact) mass is 315 g/mol. The zero-order valence-electron chi connectivity index (χ0n) is 12.1. The largest absolute Gasteiger partial charge is 0.330 e. The van der Waals surface area contributed by atoms with Gasteiger partial charge < -0.3 is 16.0 Å². The van der Waals surface area contributed by atoms with Gasteiger partial charge in [0, 0.05) is 18.7 Å². The molecule has 0 aromatic heterocycles. The molecule has 2 rings (SSSR count). The highest BCUT2D eigenvalue weighted by atomic mass is 35.5. The molecule has 0 bridgehead atoms. The van der Waals surface area contributed by atoms with Gasteiger partial charge in [0.2, 0.25) is 5.91 Å². The molecule has 1 aromatic rings. The summed E-state index contributed by atoms with van der Waals surface area (Å²) in [6.45, 7) is 3.52. The minimum atomic E-state index is -0.341. The second kappa shape index (κ2) is 8.97. The van der Waals surface area contributed by atoms with E-state index in [4.69, 9.17) is 5.73 Å². The number of likely N-dealkylation sites (tertiary alicyclic amines) is 1. The topological polar surface area (TPSA) is 58.4 Å². The van der Waals surface area contributed by atoms with Gasteiger partial charge in [-0.3, -0.25) is 4.79 Å². The van der Waals surface area contributed by atoms with Gasteiger partial charge in [0.15, 0.2) is 0 Å². The first-order chi connectivity index (χ1) is 9.67. The van der Waals surface area contributed by atoms with Crippen molar-refractivity contribution in [2.24, 2.45) is 11.7 Å². The van der Waals surface area contributed by atoms with Crippen LogP contribution in [0.25, 0.3) is 0 Å². The predicted molar refractivity (Wildman–Crippen MR) is 85.1 cm³/mol. The molecule has 1 fully saturated rings. The van der Waals surface area contributed by atoms with Gasteiger partial charge in [0.25, 0.3) is 0 Å². The number of nitrogens with two attached hydrogens (primary N) is 1. The average molecular weight is 316 g/mol. The van der Waals surface area contributed by atoms with E-state index < -0.39 is 0 Å². The molecule has 3 N–H and O–H groups in total. The summed E-state index contributed by atoms with van der Waals surface area (Å²) in [5.74, 6) is 0.218. The number of nitrogens with zero attached hydrogens (tertiary/aromatic N) is 1. The molecule has 1 aromatic carbocycles. The van der Waals surface area contributed by atoms with Crippen LogP contribution < -0.4 is 11.1 Å². The van der Waals surface area contributed by atoms with Gasteiger partial charge in [-0.05, 0) is 56.6 Å². The molecule has 0 aliphatic carbocycles. The average Bonchev–Trinajstić information content (AvgIpc) is 2.46. The molecule has 1 heterocycles. The fourth-order valence-corrected chi connectivity index (χ4v) is 2.50. The van der Waals surface area contributed by atoms with E-state index in [1.807, 2.05) is 0 Å². The van der Waals surface area contributed by atoms with Crippen molar-refractivity contribution in [3.63, 3.8) is 0 Å². The summed E-state index contributed by atoms with van der Waals surface area (Å²) in [5, 5.41) is 2.72. The smallest absolute Gasteiger partial charge is 0.225 e. The normalized spacial score (nSPS) is 16.3. The Balaban J connectivity index is 0.00000220. The number of nitrogens with one attached hydrogen (secondary N) is 1. The Morgan fingerprint density at radius 3 is 2.71 bits per heavy atom. The van der Waals surface area contributed by atoms with Crippen molar-refractivity contribution in [1.29, 1.82) is 0 Å². The van der Waals surface area contributed by atoms with E-state index in [0.717, 1.165) is 39.0 Å². The molecule has 1 aliphatic heterocycles. The molecule has 0 spiro atoms. The quantitative estimate of drug-likeness (QED) is 0.876. The Kier molecular flexibility index (Phi) is 7.64. The Morgan fingerprint density at radius 2 is 2.10 bits per heavy atom. The number of piperidine rings is 1. The van der Waals surface area contributed by atoms with Crippen LogP contribution in [0, 0.1) is 11.7 Å². The number of amides is 1. The van der Waals surface area contributed by atoms with E-state index >= 15 is 0 Å². The fraction of sp³-hybridized carbons (Fsp3) is 0.533. The number of hydrogen-bond acceptors (Lipinski definition) is 3. The number of carbonyl (C=O) groups is 1. The van der Waals surface area contributed by atoms with Crippen molar-refractivity contribution < 1.29 is 9.18 Å². The zero-order chi connectivity index (χ0) is 14.4. The maximum Gasteiger partial charge on any atom is 0.225 e. The second-order valence-electron chi connectivity index (χ2n) is 5.33. The predicted octanol–water partition coefficient (Wildman–Crippen LogP) is 2.25. The highest BCUT2D eigenvalue weighted by Crippen LogP contribution is 2.16. The first-order valence-corrected chi connectivity index (χ1v) is 7.15. The Labute approximate surface area is 131 Å². The van der Waals surface area contributed by atoms with Crippen LogP contribution >= 0.6 is 12.4 Å². The first-order valence-electron chi connectivity index (χ1n) is 7.15. The van der Waals surface area contributed by atoms with Crippen LogP contribution in [0.1, 0.15) is 19.3 Å². The van der Waals surface area contributed by atoms with Crippen molar-refractivity contribution >= 4 is 24.0 Å². The Morgan fingerprint density at radius 1 is 1.38 bits per heavy atom. The third kappa shape index (κ3) is 5.99. The number of benzene rings is 1. The van der Waals surface area contributed by atoms with Gasteiger partial charge in [-0.1, -0.05) is 6.07 Å². The Bertz CT molecular complexity index is 450. The lowest BCUT2D eigenvalue weighted by atomic mass is 9.97. The molecule has 0 atom stereocenters. The molecular formula is C15H23ClFN3O. The first kappa shape index (κ1) is 17.9. The SMILES string of the molecule is Cl.NCC1CCN(CCC(=O)Nc2cccc(F)c2)CC1. The molecule has 1 saturated heterocycles. The third-order valence-corrected chi connectivity index (χ3v) is 3.80. The summed E-state index contributed by atoms with van der Waals surface area (Å²) in [7, 11) is 0. The molecule has 6 heteroatoms. The standard InChI is InChI=1S/C15H22FN3O.ClH/c16-13-2-1-3-14(10-13)18-15(20)6-9-19-7-4-12(11-17)5-8-19;/h1-3,10,12H,4-9,11,17H2,(H,18,20);1H. The van der Waals surface area contributed by atoms with Gasteiger partial charge in [0.1, 0.15) is 5.82 Å². The molecular weight excluding hydrogens is 293 g/mol. The highest BCUT2D eigenvalue weighted by molar-refractivity contribution is 5.90. The van der Waals surface area contributed by atoms with E-state index in [1.165, 1.54) is 12.1 Å². The van der Waals surface area contributed by atoms with Crippen molar-refractivity contribution in [1.82, 2.24) is 4.90 Å². The maximum absolute atomic E-state index is 13.0. The lowest BCUT2D eigenvalue weighted by Crippen LogP contribution is -2.37. The van der Waals surface area contributed by atoms with Crippen LogP contribution in [0.2, 0.25) is 0 Å². The summed E-state index contributed by atoms with van der Waals surface area (Å²) >= 11 is 0. The minimum absolute atomic E-state index is 0. The summed E-state index contributed by atoms with van der Waals surface area (Å²) in [5.41, 5.74) is 6.17. The van der Waals surface area contributed by atoms with Gasteiger partial charge in [-0.25, -0.2) is 4.39 Å². The minimum Gasteiger partial charge on any atom is -0.330 e. The van der Waals surface area contributed by atoms with Crippen molar-refractivity contribution in [3.8, 4) is 0 Å². The molecule has 0 unspecified atom stereocenters. The van der Waals surface area contributed by atoms with Gasteiger partial charge in [-0.2, -0.15) is 0 Å². The summed E-state index contributed by atoms with van der Waals surface area (Å²) in [6.07, 6.45) is 2.66. The van der Waals surface area contributed by atoms with Crippen LogP contribution in [-0.4, -0.2) is 37.0 Å². The summed E-state index contributed by atoms with van der Waals surface area (Å²) in [6, 6.07) is 5.96. The van der Waals surface area contributed by atoms with Crippen LogP contribution in [0.15, 0.2) is 24.3 Å². The number of rotatable bonds is 5. The van der Waals surface area contributed by atoms with Crippen LogP contribution in [0.3, 0.4) is 0 Å². The fourth-order valence-electron chi connectivity index (χ4n) is 2.50. The molecule has 118 valence electrons. The summed E-state index contributed by atoms with van der Waals surface area (Å²) in [4.78, 5) is 14.1. The van der Waals surface area contributed by atoms with Crippen LogP contribution in [0.4, 0.5) is 10.1 Å². The maximum atomic E-state index is 13.0. The Hall–Kier alpha value is -1.17. The second-order valence-corrected chi connectivity index (χ2v) is 5.33. The van der Waals surface area contributed by atoms with Crippen LogP contribution in [0.5, 0.6) is 0 Å². The lowest BCUT2D eigenvalue weighted by molar-refractivity contribution is -0.116. The van der Waals surface area contributed by atoms with E-state index in [0.29, 0.717) is 18.0 Å². The van der Waals surface area contributed by atoms with Crippen molar-refractivity contribution in [3.05, 3.63) is 30.1 Å². The van der Waals surface area contributed by atoms with E-state index in [9.17, 15) is 9.18 Å². The molecule has 0 saturated carbocycles. The van der Waals surface area contributed by atoms with E-state index in [-0.39, 0.29) is 24.1 Å². The number of hydrogen-bond donors (Lipinski definition) is 2. The lowest BCUT2D eigenvalue weighted by Gasteiger charge is -2.31. The third-order valence-electron chi connectivity index (χ3n) is 3.80. The molecule has 0 radical (unpaired) electrons. The zero-order valence-corrected chi connectivity index (χ0v) is 12.9. The molecule has 4 nitrogen and oxygen atoms in total. The number of carbonyl (C=O) groups excluding carboxylic acids is 1. The van der Waals surface area contributed by atoms with E-state index in [2.05, 4.69) is 10.2 Å². The van der Waals surface area contributed by atoms with Gasteiger partial charge in [0.05, 0.1) is 0 Å². The van der Waals surface area contributed by atoms with Crippen molar-refractivity contribution in [2.75, 3.05) is 31.5 Å². The summed E-state index contributed by atoms with van der Waals surface area (Å²) < 4.78 is 13.0. The van der Waals surface area contributed by atoms with Crippen molar-refractivity contribution in [2.45, 2.75) is 19.3 Å². The van der Waals surface area contributed by atoms with Gasteiger partial charge >= 0.3 is 0 Å². The highest BCUT2D eigenvalue weighted by Gasteiger charge is 2.18. The number of halogens is 2. The molecule has 1 amide bonds. The number of anilines is 1. The molecule has 1 aliphatic rings. The van der Waals surface area contributed by atoms with Crippen LogP contribution in [-0.2, 0) is 4.79 Å². The molecule has 21 heavy (non-hydrogen) atoms. The van der Waals surface area contributed by atoms with Gasteiger partial charge in [-0.15, -0.1) is 12.4 Å².